The van der Waals surface area contributed by atoms with E-state index in [2.05, 4.69) is 44.0 Å². The van der Waals surface area contributed by atoms with Crippen LogP contribution in [0.25, 0.3) is 6.08 Å². The number of hydrogen-bond donors (Lipinski definition) is 1. The molecule has 1 N–H and O–H groups in total. The van der Waals surface area contributed by atoms with Crippen molar-refractivity contribution < 1.29 is 14.3 Å². The monoisotopic (exact) mass is 505 g/mol. The van der Waals surface area contributed by atoms with E-state index in [4.69, 9.17) is 17.0 Å². The average Bonchev–Trinajstić information content (AvgIpc) is 2.81. The molecule has 0 radical (unpaired) electrons. The summed E-state index contributed by atoms with van der Waals surface area (Å²) < 4.78 is 5.77. The lowest BCUT2D eigenvalue weighted by atomic mass is 9.79. The highest BCUT2D eigenvalue weighted by atomic mass is 32.1. The third-order valence-corrected chi connectivity index (χ3v) is 7.69. The zero-order valence-corrected chi connectivity index (χ0v) is 23.0. The molecule has 2 heterocycles. The lowest BCUT2D eigenvalue weighted by Gasteiger charge is -2.48. The van der Waals surface area contributed by atoms with Crippen LogP contribution in [0.4, 0.5) is 11.4 Å². The molecule has 2 aliphatic rings. The number of amides is 2. The fourth-order valence-electron chi connectivity index (χ4n) is 5.47. The number of aryl methyl sites for hydroxylation is 1. The number of fused-ring (bicyclic) bond motifs is 1. The maximum Gasteiger partial charge on any atom is 0.270 e. The van der Waals surface area contributed by atoms with Crippen LogP contribution >= 0.6 is 12.2 Å². The zero-order valence-electron chi connectivity index (χ0n) is 22.2. The highest BCUT2D eigenvalue weighted by Gasteiger charge is 2.38. The maximum absolute atomic E-state index is 13.7. The molecule has 1 fully saturated rings. The van der Waals surface area contributed by atoms with E-state index in [1.54, 1.807) is 13.2 Å². The van der Waals surface area contributed by atoms with Gasteiger partial charge >= 0.3 is 0 Å². The number of nitrogens with zero attached hydrogens (tertiary/aromatic N) is 2. The summed E-state index contributed by atoms with van der Waals surface area (Å²) in [5.74, 6) is -0.00695. The van der Waals surface area contributed by atoms with Crippen LogP contribution in [-0.4, -0.2) is 36.1 Å². The zero-order chi connectivity index (χ0) is 26.4. The van der Waals surface area contributed by atoms with Crippen molar-refractivity contribution in [3.05, 3.63) is 58.2 Å². The molecule has 7 heteroatoms. The first kappa shape index (κ1) is 25.9. The third kappa shape index (κ3) is 4.41. The number of nitrogens with one attached hydrogen (secondary N) is 1. The Kier molecular flexibility index (Phi) is 6.97. The lowest BCUT2D eigenvalue weighted by molar-refractivity contribution is -0.122. The number of anilines is 2. The van der Waals surface area contributed by atoms with E-state index < -0.39 is 11.8 Å². The number of hydrogen-bond acceptors (Lipinski definition) is 5. The number of carbonyl (C=O) groups excluding carboxylic acids is 2. The molecular formula is C29H35N3O3S. The Bertz CT molecular complexity index is 1280. The van der Waals surface area contributed by atoms with Crippen LogP contribution in [0.5, 0.6) is 5.75 Å². The van der Waals surface area contributed by atoms with Crippen molar-refractivity contribution >= 4 is 46.6 Å². The van der Waals surface area contributed by atoms with Gasteiger partial charge in [0.25, 0.3) is 11.8 Å². The minimum Gasteiger partial charge on any atom is -0.496 e. The smallest absolute Gasteiger partial charge is 0.270 e. The minimum atomic E-state index is -0.506. The van der Waals surface area contributed by atoms with Gasteiger partial charge in [-0.3, -0.25) is 19.8 Å². The highest BCUT2D eigenvalue weighted by Crippen LogP contribution is 2.46. The van der Waals surface area contributed by atoms with Crippen LogP contribution in [0.1, 0.15) is 68.7 Å². The largest absolute Gasteiger partial charge is 0.496 e. The van der Waals surface area contributed by atoms with E-state index in [0.29, 0.717) is 22.9 Å². The van der Waals surface area contributed by atoms with Crippen molar-refractivity contribution in [1.29, 1.82) is 0 Å². The third-order valence-electron chi connectivity index (χ3n) is 7.40. The van der Waals surface area contributed by atoms with Gasteiger partial charge in [0, 0.05) is 29.4 Å². The van der Waals surface area contributed by atoms with Gasteiger partial charge in [-0.05, 0) is 93.6 Å². The van der Waals surface area contributed by atoms with Gasteiger partial charge in [-0.25, -0.2) is 0 Å². The maximum atomic E-state index is 13.7. The molecule has 0 aliphatic carbocycles. The topological polar surface area (TPSA) is 61.9 Å². The van der Waals surface area contributed by atoms with Crippen molar-refractivity contribution in [3.8, 4) is 5.75 Å². The second-order valence-electron chi connectivity index (χ2n) is 10.4. The van der Waals surface area contributed by atoms with Crippen molar-refractivity contribution in [2.75, 3.05) is 23.5 Å². The molecule has 0 bridgehead atoms. The lowest BCUT2D eigenvalue weighted by Crippen LogP contribution is -2.54. The van der Waals surface area contributed by atoms with E-state index in [1.807, 2.05) is 38.1 Å². The van der Waals surface area contributed by atoms with E-state index in [1.165, 1.54) is 10.5 Å². The number of ether oxygens (including phenoxy) is 1. The first-order valence-corrected chi connectivity index (χ1v) is 12.9. The van der Waals surface area contributed by atoms with Crippen molar-refractivity contribution in [3.63, 3.8) is 0 Å². The Hall–Kier alpha value is -3.19. The minimum absolute atomic E-state index is 0.0223. The molecule has 2 aromatic rings. The van der Waals surface area contributed by atoms with Crippen LogP contribution in [0, 0.1) is 13.8 Å². The summed E-state index contributed by atoms with van der Waals surface area (Å²) in [4.78, 5) is 30.5. The van der Waals surface area contributed by atoms with Gasteiger partial charge in [0.05, 0.1) is 12.8 Å². The van der Waals surface area contributed by atoms with Crippen LogP contribution in [-0.2, 0) is 9.59 Å². The van der Waals surface area contributed by atoms with E-state index >= 15 is 0 Å². The Morgan fingerprint density at radius 1 is 1.19 bits per heavy atom. The van der Waals surface area contributed by atoms with Crippen molar-refractivity contribution in [1.82, 2.24) is 5.32 Å². The highest BCUT2D eigenvalue weighted by molar-refractivity contribution is 7.80. The standard InChI is InChI=1S/C29H35N3O3S/c1-8-12-31-24-15-25(35-7)20(13-21(24)18(3)16-29(31,5)6)14-22-26(33)30-28(36)32(27(22)34)23-11-9-10-17(2)19(23)4/h9-11,13-15,18H,8,12,16H2,1-7H3,(H,30,33,36)/b22-14-. The first-order chi connectivity index (χ1) is 17.0. The first-order valence-electron chi connectivity index (χ1n) is 12.5. The molecule has 0 aromatic heterocycles. The molecule has 2 amide bonds. The van der Waals surface area contributed by atoms with Gasteiger partial charge in [0.2, 0.25) is 0 Å². The molecule has 36 heavy (non-hydrogen) atoms. The van der Waals surface area contributed by atoms with Gasteiger partial charge in [-0.2, -0.15) is 0 Å². The molecule has 0 saturated carbocycles. The number of thiocarbonyl (C=S) groups is 1. The fraction of sp³-hybridized carbons (Fsp3) is 0.414. The molecular weight excluding hydrogens is 470 g/mol. The number of methoxy groups -OCH3 is 1. The summed E-state index contributed by atoms with van der Waals surface area (Å²) in [6.07, 6.45) is 3.68. The SMILES string of the molecule is CCCN1c2cc(OC)c(/C=C3/C(=O)NC(=S)N(c4cccc(C)c4C)C3=O)cc2C(C)CC1(C)C. The predicted octanol–water partition coefficient (Wildman–Crippen LogP) is 5.65. The molecule has 190 valence electrons. The fourth-order valence-corrected chi connectivity index (χ4v) is 5.75. The second kappa shape index (κ2) is 9.69. The molecule has 6 nitrogen and oxygen atoms in total. The molecule has 1 saturated heterocycles. The Morgan fingerprint density at radius 3 is 2.58 bits per heavy atom. The normalized spacial score (nSPS) is 20.5. The molecule has 0 spiro atoms. The predicted molar refractivity (Wildman–Crippen MR) is 150 cm³/mol. The van der Waals surface area contributed by atoms with Crippen molar-refractivity contribution in [2.45, 2.75) is 65.8 Å². The van der Waals surface area contributed by atoms with Gasteiger partial charge in [-0.15, -0.1) is 0 Å². The molecule has 1 atom stereocenters. The van der Waals surface area contributed by atoms with Gasteiger partial charge in [0.15, 0.2) is 5.11 Å². The molecule has 1 unspecified atom stereocenters. The van der Waals surface area contributed by atoms with Crippen LogP contribution in [0.3, 0.4) is 0 Å². The van der Waals surface area contributed by atoms with E-state index in [-0.39, 0.29) is 16.2 Å². The van der Waals surface area contributed by atoms with Crippen LogP contribution in [0.2, 0.25) is 0 Å². The number of carbonyl (C=O) groups is 2. The summed E-state index contributed by atoms with van der Waals surface area (Å²) in [5, 5.41) is 2.78. The van der Waals surface area contributed by atoms with Gasteiger partial charge in [-0.1, -0.05) is 26.0 Å². The molecule has 2 aliphatic heterocycles. The Morgan fingerprint density at radius 2 is 1.92 bits per heavy atom. The quantitative estimate of drug-likeness (QED) is 0.323. The van der Waals surface area contributed by atoms with E-state index in [0.717, 1.165) is 36.2 Å². The van der Waals surface area contributed by atoms with Gasteiger partial charge < -0.3 is 9.64 Å². The van der Waals surface area contributed by atoms with Crippen LogP contribution in [0.15, 0.2) is 35.9 Å². The molecule has 4 rings (SSSR count). The molecule has 2 aromatic carbocycles. The summed E-state index contributed by atoms with van der Waals surface area (Å²) in [6, 6.07) is 9.82. The second-order valence-corrected chi connectivity index (χ2v) is 10.8. The Balaban J connectivity index is 1.83. The van der Waals surface area contributed by atoms with E-state index in [9.17, 15) is 9.59 Å². The summed E-state index contributed by atoms with van der Waals surface area (Å²) in [7, 11) is 1.62. The van der Waals surface area contributed by atoms with Gasteiger partial charge in [0.1, 0.15) is 11.3 Å². The number of rotatable bonds is 5. The van der Waals surface area contributed by atoms with Crippen molar-refractivity contribution in [2.24, 2.45) is 0 Å². The summed E-state index contributed by atoms with van der Waals surface area (Å²) >= 11 is 5.40. The summed E-state index contributed by atoms with van der Waals surface area (Å²) in [5.41, 5.74) is 5.73. The Labute approximate surface area is 219 Å². The number of benzene rings is 2. The van der Waals surface area contributed by atoms with Crippen LogP contribution < -0.4 is 19.9 Å². The average molecular weight is 506 g/mol. The summed E-state index contributed by atoms with van der Waals surface area (Å²) in [6.45, 7) is 13.8.